The standard InChI is InChI=1S/C12H22N4S/c1-8(2)16-12(11(13)9(3)15-16)14-7-10-5-4-6-17-10/h8,10,14H,4-7,13H2,1-3H3. The average Bonchev–Trinajstić information content (AvgIpc) is 2.87. The second-order valence-corrected chi connectivity index (χ2v) is 6.31. The average molecular weight is 254 g/mol. The molecule has 0 saturated carbocycles. The third-order valence-electron chi connectivity index (χ3n) is 3.14. The molecule has 1 aromatic rings. The first kappa shape index (κ1) is 12.6. The van der Waals surface area contributed by atoms with E-state index in [0.29, 0.717) is 6.04 Å². The van der Waals surface area contributed by atoms with E-state index in [1.165, 1.54) is 18.6 Å². The highest BCUT2D eigenvalue weighted by atomic mass is 32.2. The second-order valence-electron chi connectivity index (χ2n) is 4.90. The Bertz CT molecular complexity index is 380. The van der Waals surface area contributed by atoms with E-state index in [9.17, 15) is 0 Å². The Kier molecular flexibility index (Phi) is 3.86. The van der Waals surface area contributed by atoms with Crippen LogP contribution in [0, 0.1) is 6.92 Å². The first-order valence-electron chi connectivity index (χ1n) is 6.29. The van der Waals surface area contributed by atoms with Crippen LogP contribution in [0.2, 0.25) is 0 Å². The summed E-state index contributed by atoms with van der Waals surface area (Å²) in [5.74, 6) is 2.29. The molecule has 0 radical (unpaired) electrons. The Morgan fingerprint density at radius 1 is 1.59 bits per heavy atom. The molecule has 2 heterocycles. The number of anilines is 2. The number of hydrogen-bond acceptors (Lipinski definition) is 4. The molecule has 0 aromatic carbocycles. The van der Waals surface area contributed by atoms with Gasteiger partial charge in [-0.3, -0.25) is 0 Å². The van der Waals surface area contributed by atoms with Crippen LogP contribution in [-0.4, -0.2) is 27.3 Å². The van der Waals surface area contributed by atoms with E-state index in [2.05, 4.69) is 36.0 Å². The monoisotopic (exact) mass is 254 g/mol. The lowest BCUT2D eigenvalue weighted by molar-refractivity contribution is 0.534. The first-order chi connectivity index (χ1) is 8.09. The van der Waals surface area contributed by atoms with E-state index in [1.54, 1.807) is 0 Å². The van der Waals surface area contributed by atoms with Crippen molar-refractivity contribution in [2.75, 3.05) is 23.3 Å². The van der Waals surface area contributed by atoms with E-state index in [4.69, 9.17) is 5.73 Å². The number of rotatable bonds is 4. The minimum absolute atomic E-state index is 0.338. The van der Waals surface area contributed by atoms with Crippen LogP contribution in [0.1, 0.15) is 38.4 Å². The summed E-state index contributed by atoms with van der Waals surface area (Å²) in [5, 5.41) is 8.68. The number of aryl methyl sites for hydroxylation is 1. The number of nitrogen functional groups attached to an aromatic ring is 1. The number of hydrogen-bond donors (Lipinski definition) is 2. The lowest BCUT2D eigenvalue weighted by atomic mass is 10.2. The summed E-state index contributed by atoms with van der Waals surface area (Å²) in [6.45, 7) is 7.21. The summed E-state index contributed by atoms with van der Waals surface area (Å²) in [7, 11) is 0. The van der Waals surface area contributed by atoms with Crippen molar-refractivity contribution in [3.63, 3.8) is 0 Å². The van der Waals surface area contributed by atoms with Crippen LogP contribution in [0.3, 0.4) is 0 Å². The molecule has 0 aliphatic carbocycles. The molecule has 1 atom stereocenters. The molecule has 96 valence electrons. The Morgan fingerprint density at radius 2 is 2.35 bits per heavy atom. The van der Waals surface area contributed by atoms with Gasteiger partial charge in [0.1, 0.15) is 5.82 Å². The summed E-state index contributed by atoms with van der Waals surface area (Å²) >= 11 is 2.06. The topological polar surface area (TPSA) is 55.9 Å². The zero-order valence-electron chi connectivity index (χ0n) is 10.9. The van der Waals surface area contributed by atoms with Crippen molar-refractivity contribution in [1.82, 2.24) is 9.78 Å². The molecule has 5 heteroatoms. The molecule has 1 fully saturated rings. The van der Waals surface area contributed by atoms with Gasteiger partial charge < -0.3 is 11.1 Å². The van der Waals surface area contributed by atoms with Crippen molar-refractivity contribution < 1.29 is 0 Å². The number of thioether (sulfide) groups is 1. The highest BCUT2D eigenvalue weighted by Gasteiger charge is 2.18. The zero-order chi connectivity index (χ0) is 12.4. The maximum absolute atomic E-state index is 6.07. The van der Waals surface area contributed by atoms with Crippen LogP contribution in [0.5, 0.6) is 0 Å². The molecule has 1 aromatic heterocycles. The molecule has 3 N–H and O–H groups in total. The van der Waals surface area contributed by atoms with E-state index < -0.39 is 0 Å². The fourth-order valence-electron chi connectivity index (χ4n) is 2.13. The van der Waals surface area contributed by atoms with Gasteiger partial charge in [0.2, 0.25) is 0 Å². The summed E-state index contributed by atoms with van der Waals surface area (Å²) in [6, 6.07) is 0.338. The van der Waals surface area contributed by atoms with Crippen molar-refractivity contribution in [1.29, 1.82) is 0 Å². The van der Waals surface area contributed by atoms with E-state index >= 15 is 0 Å². The molecule has 0 bridgehead atoms. The Balaban J connectivity index is 2.07. The highest BCUT2D eigenvalue weighted by molar-refractivity contribution is 8.00. The van der Waals surface area contributed by atoms with Gasteiger partial charge in [-0.1, -0.05) is 0 Å². The molecular weight excluding hydrogens is 232 g/mol. The maximum atomic E-state index is 6.07. The zero-order valence-corrected chi connectivity index (χ0v) is 11.7. The van der Waals surface area contributed by atoms with Crippen molar-refractivity contribution in [2.45, 2.75) is 44.9 Å². The minimum Gasteiger partial charge on any atom is -0.394 e. The molecule has 17 heavy (non-hydrogen) atoms. The maximum Gasteiger partial charge on any atom is 0.148 e. The summed E-state index contributed by atoms with van der Waals surface area (Å²) in [5.41, 5.74) is 7.78. The predicted octanol–water partition coefficient (Wildman–Crippen LogP) is 2.66. The fourth-order valence-corrected chi connectivity index (χ4v) is 3.33. The lowest BCUT2D eigenvalue weighted by Crippen LogP contribution is -2.18. The van der Waals surface area contributed by atoms with E-state index in [-0.39, 0.29) is 0 Å². The summed E-state index contributed by atoms with van der Waals surface area (Å²) in [6.07, 6.45) is 2.65. The van der Waals surface area contributed by atoms with Crippen molar-refractivity contribution >= 4 is 23.3 Å². The van der Waals surface area contributed by atoms with Gasteiger partial charge in [0, 0.05) is 17.8 Å². The molecule has 0 amide bonds. The van der Waals surface area contributed by atoms with Crippen molar-refractivity contribution in [3.8, 4) is 0 Å². The molecule has 1 aliphatic rings. The Hall–Kier alpha value is -0.840. The summed E-state index contributed by atoms with van der Waals surface area (Å²) < 4.78 is 1.99. The molecule has 4 nitrogen and oxygen atoms in total. The van der Waals surface area contributed by atoms with Crippen LogP contribution in [0.25, 0.3) is 0 Å². The van der Waals surface area contributed by atoms with Gasteiger partial charge in [-0.25, -0.2) is 4.68 Å². The second kappa shape index (κ2) is 5.21. The molecule has 1 unspecified atom stereocenters. The number of nitrogens with one attached hydrogen (secondary N) is 1. The smallest absolute Gasteiger partial charge is 0.148 e. The quantitative estimate of drug-likeness (QED) is 0.867. The fraction of sp³-hybridized carbons (Fsp3) is 0.750. The number of nitrogens with zero attached hydrogens (tertiary/aromatic N) is 2. The predicted molar refractivity (Wildman–Crippen MR) is 75.7 cm³/mol. The van der Waals surface area contributed by atoms with Gasteiger partial charge in [-0.05, 0) is 39.4 Å². The number of aromatic nitrogens is 2. The highest BCUT2D eigenvalue weighted by Crippen LogP contribution is 2.29. The molecule has 2 rings (SSSR count). The largest absolute Gasteiger partial charge is 0.394 e. The third kappa shape index (κ3) is 2.70. The van der Waals surface area contributed by atoms with Gasteiger partial charge in [-0.2, -0.15) is 16.9 Å². The molecule has 1 aliphatic heterocycles. The van der Waals surface area contributed by atoms with Gasteiger partial charge in [0.05, 0.1) is 11.4 Å². The van der Waals surface area contributed by atoms with Crippen molar-refractivity contribution in [3.05, 3.63) is 5.69 Å². The third-order valence-corrected chi connectivity index (χ3v) is 4.54. The van der Waals surface area contributed by atoms with Crippen LogP contribution in [0.15, 0.2) is 0 Å². The minimum atomic E-state index is 0.338. The van der Waals surface area contributed by atoms with Crippen LogP contribution in [0.4, 0.5) is 11.5 Å². The summed E-state index contributed by atoms with van der Waals surface area (Å²) in [4.78, 5) is 0. The van der Waals surface area contributed by atoms with Crippen LogP contribution < -0.4 is 11.1 Å². The van der Waals surface area contributed by atoms with Gasteiger partial charge in [-0.15, -0.1) is 0 Å². The first-order valence-corrected chi connectivity index (χ1v) is 7.34. The van der Waals surface area contributed by atoms with Crippen LogP contribution >= 0.6 is 11.8 Å². The lowest BCUT2D eigenvalue weighted by Gasteiger charge is -2.15. The van der Waals surface area contributed by atoms with Crippen molar-refractivity contribution in [2.24, 2.45) is 0 Å². The molecular formula is C12H22N4S. The molecule has 1 saturated heterocycles. The molecule has 0 spiro atoms. The normalized spacial score (nSPS) is 20.1. The van der Waals surface area contributed by atoms with Gasteiger partial charge in [0.15, 0.2) is 0 Å². The Labute approximate surface area is 107 Å². The van der Waals surface area contributed by atoms with Crippen LogP contribution in [-0.2, 0) is 0 Å². The Morgan fingerprint density at radius 3 is 2.94 bits per heavy atom. The number of nitrogens with two attached hydrogens (primary N) is 1. The van der Waals surface area contributed by atoms with Gasteiger partial charge >= 0.3 is 0 Å². The van der Waals surface area contributed by atoms with Gasteiger partial charge in [0.25, 0.3) is 0 Å². The van der Waals surface area contributed by atoms with E-state index in [1.807, 2.05) is 11.6 Å². The van der Waals surface area contributed by atoms with E-state index in [0.717, 1.165) is 29.0 Å². The SMILES string of the molecule is Cc1nn(C(C)C)c(NCC2CCCS2)c1N.